The fourth-order valence-electron chi connectivity index (χ4n) is 1.61. The molecular weight excluding hydrogens is 303 g/mol. The standard InChI is InChI=1S/C12H14ClFN4OS/c1-2-3-4-18-11(19)16-17-12(18)20-7-8-5-9(14)10(13)15-6-8/h5-6H,2-4,7H2,1H3,(H,16,19). The molecule has 0 unspecified atom stereocenters. The fraction of sp³-hybridized carbons (Fsp3) is 0.417. The molecule has 0 bridgehead atoms. The van der Waals surface area contributed by atoms with Crippen molar-refractivity contribution in [2.45, 2.75) is 37.2 Å². The molecule has 108 valence electrons. The first-order valence-electron chi connectivity index (χ1n) is 6.19. The highest BCUT2D eigenvalue weighted by Gasteiger charge is 2.09. The molecule has 0 aliphatic heterocycles. The first-order valence-corrected chi connectivity index (χ1v) is 7.56. The average Bonchev–Trinajstić information content (AvgIpc) is 2.78. The van der Waals surface area contributed by atoms with Crippen LogP contribution in [0, 0.1) is 5.82 Å². The van der Waals surface area contributed by atoms with Crippen molar-refractivity contribution in [2.75, 3.05) is 0 Å². The van der Waals surface area contributed by atoms with E-state index < -0.39 is 5.82 Å². The predicted molar refractivity (Wildman–Crippen MR) is 76.5 cm³/mol. The second-order valence-electron chi connectivity index (χ2n) is 4.22. The minimum absolute atomic E-state index is 0.140. The van der Waals surface area contributed by atoms with Crippen LogP contribution in [-0.2, 0) is 12.3 Å². The van der Waals surface area contributed by atoms with Crippen LogP contribution in [0.4, 0.5) is 4.39 Å². The van der Waals surface area contributed by atoms with Gasteiger partial charge in [0, 0.05) is 18.5 Å². The molecule has 8 heteroatoms. The average molecular weight is 317 g/mol. The van der Waals surface area contributed by atoms with Crippen molar-refractivity contribution in [1.29, 1.82) is 0 Å². The molecule has 2 rings (SSSR count). The summed E-state index contributed by atoms with van der Waals surface area (Å²) in [5.74, 6) is -0.0764. The van der Waals surface area contributed by atoms with E-state index in [1.54, 1.807) is 4.57 Å². The van der Waals surface area contributed by atoms with Gasteiger partial charge in [-0.2, -0.15) is 0 Å². The van der Waals surface area contributed by atoms with Gasteiger partial charge in [-0.3, -0.25) is 4.57 Å². The quantitative estimate of drug-likeness (QED) is 0.657. The predicted octanol–water partition coefficient (Wildman–Crippen LogP) is 2.85. The van der Waals surface area contributed by atoms with Crippen LogP contribution in [0.1, 0.15) is 25.3 Å². The molecule has 0 saturated heterocycles. The lowest BCUT2D eigenvalue weighted by Crippen LogP contribution is -2.17. The summed E-state index contributed by atoms with van der Waals surface area (Å²) in [5, 5.41) is 6.86. The molecule has 0 spiro atoms. The minimum Gasteiger partial charge on any atom is -0.270 e. The smallest absolute Gasteiger partial charge is 0.270 e. The zero-order valence-electron chi connectivity index (χ0n) is 10.9. The lowest BCUT2D eigenvalue weighted by molar-refractivity contribution is 0.573. The Morgan fingerprint density at radius 1 is 1.55 bits per heavy atom. The molecule has 0 atom stereocenters. The topological polar surface area (TPSA) is 63.6 Å². The molecule has 5 nitrogen and oxygen atoms in total. The van der Waals surface area contributed by atoms with Gasteiger partial charge in [0.1, 0.15) is 0 Å². The Morgan fingerprint density at radius 2 is 2.35 bits per heavy atom. The summed E-state index contributed by atoms with van der Waals surface area (Å²) in [6.45, 7) is 2.68. The largest absolute Gasteiger partial charge is 0.343 e. The summed E-state index contributed by atoms with van der Waals surface area (Å²) in [5.41, 5.74) is 0.468. The number of hydrogen-bond acceptors (Lipinski definition) is 4. The maximum atomic E-state index is 13.3. The highest BCUT2D eigenvalue weighted by molar-refractivity contribution is 7.98. The van der Waals surface area contributed by atoms with E-state index in [-0.39, 0.29) is 10.8 Å². The molecule has 0 amide bonds. The van der Waals surface area contributed by atoms with Gasteiger partial charge in [-0.05, 0) is 18.1 Å². The van der Waals surface area contributed by atoms with Gasteiger partial charge in [0.05, 0.1) is 0 Å². The Balaban J connectivity index is 2.06. The maximum Gasteiger partial charge on any atom is 0.343 e. The summed E-state index contributed by atoms with van der Waals surface area (Å²) >= 11 is 6.88. The number of thioether (sulfide) groups is 1. The SMILES string of the molecule is CCCCn1c(SCc2cnc(Cl)c(F)c2)n[nH]c1=O. The van der Waals surface area contributed by atoms with Gasteiger partial charge in [0.2, 0.25) is 0 Å². The van der Waals surface area contributed by atoms with Crippen molar-refractivity contribution in [3.63, 3.8) is 0 Å². The van der Waals surface area contributed by atoms with Crippen molar-refractivity contribution in [2.24, 2.45) is 0 Å². The number of aromatic nitrogens is 4. The molecule has 0 aromatic carbocycles. The van der Waals surface area contributed by atoms with Gasteiger partial charge in [0.15, 0.2) is 16.1 Å². The van der Waals surface area contributed by atoms with Gasteiger partial charge in [-0.25, -0.2) is 19.3 Å². The van der Waals surface area contributed by atoms with Crippen LogP contribution >= 0.6 is 23.4 Å². The van der Waals surface area contributed by atoms with Crippen LogP contribution in [0.2, 0.25) is 5.15 Å². The van der Waals surface area contributed by atoms with Crippen LogP contribution < -0.4 is 5.69 Å². The number of pyridine rings is 1. The molecule has 2 heterocycles. The van der Waals surface area contributed by atoms with E-state index >= 15 is 0 Å². The summed E-state index contributed by atoms with van der Waals surface area (Å²) in [7, 11) is 0. The first kappa shape index (κ1) is 15.1. The minimum atomic E-state index is -0.546. The Labute approximate surface area is 124 Å². The summed E-state index contributed by atoms with van der Waals surface area (Å²) in [4.78, 5) is 15.3. The Hall–Kier alpha value is -1.34. The molecule has 1 N–H and O–H groups in total. The highest BCUT2D eigenvalue weighted by atomic mass is 35.5. The van der Waals surface area contributed by atoms with Crippen LogP contribution in [0.5, 0.6) is 0 Å². The van der Waals surface area contributed by atoms with Crippen LogP contribution in [0.15, 0.2) is 22.2 Å². The van der Waals surface area contributed by atoms with Gasteiger partial charge in [0.25, 0.3) is 0 Å². The molecule has 20 heavy (non-hydrogen) atoms. The van der Waals surface area contributed by atoms with E-state index in [0.29, 0.717) is 23.0 Å². The van der Waals surface area contributed by atoms with E-state index in [2.05, 4.69) is 22.1 Å². The third-order valence-electron chi connectivity index (χ3n) is 2.68. The number of aromatic amines is 1. The molecule has 0 aliphatic rings. The second kappa shape index (κ2) is 6.90. The number of hydrogen-bond donors (Lipinski definition) is 1. The third kappa shape index (κ3) is 3.61. The molecular formula is C12H14ClFN4OS. The number of nitrogens with one attached hydrogen (secondary N) is 1. The molecule has 2 aromatic heterocycles. The number of halogens is 2. The summed E-state index contributed by atoms with van der Waals surface area (Å²) < 4.78 is 14.9. The molecule has 2 aromatic rings. The van der Waals surface area contributed by atoms with Gasteiger partial charge in [-0.15, -0.1) is 5.10 Å². The monoisotopic (exact) mass is 316 g/mol. The molecule has 0 fully saturated rings. The van der Waals surface area contributed by atoms with E-state index in [0.717, 1.165) is 12.8 Å². The maximum absolute atomic E-state index is 13.3. The van der Waals surface area contributed by atoms with Crippen molar-refractivity contribution in [3.8, 4) is 0 Å². The third-order valence-corrected chi connectivity index (χ3v) is 4.01. The van der Waals surface area contributed by atoms with Crippen molar-refractivity contribution >= 4 is 23.4 Å². The number of rotatable bonds is 6. The van der Waals surface area contributed by atoms with E-state index in [1.807, 2.05) is 0 Å². The highest BCUT2D eigenvalue weighted by Crippen LogP contribution is 2.21. The Kier molecular flexibility index (Phi) is 5.19. The van der Waals surface area contributed by atoms with Crippen LogP contribution in [0.25, 0.3) is 0 Å². The summed E-state index contributed by atoms with van der Waals surface area (Å²) in [6, 6.07) is 1.34. The number of H-pyrrole nitrogens is 1. The zero-order chi connectivity index (χ0) is 14.5. The van der Waals surface area contributed by atoms with Crippen molar-refractivity contribution in [1.82, 2.24) is 19.7 Å². The lowest BCUT2D eigenvalue weighted by Gasteiger charge is -2.04. The van der Waals surface area contributed by atoms with Gasteiger partial charge >= 0.3 is 5.69 Å². The molecule has 0 radical (unpaired) electrons. The second-order valence-corrected chi connectivity index (χ2v) is 5.52. The molecule has 0 aliphatic carbocycles. The van der Waals surface area contributed by atoms with Gasteiger partial charge < -0.3 is 0 Å². The van der Waals surface area contributed by atoms with Crippen LogP contribution in [0.3, 0.4) is 0 Å². The lowest BCUT2D eigenvalue weighted by atomic mass is 10.3. The summed E-state index contributed by atoms with van der Waals surface area (Å²) in [6.07, 6.45) is 3.41. The van der Waals surface area contributed by atoms with E-state index in [9.17, 15) is 9.18 Å². The Morgan fingerprint density at radius 3 is 3.05 bits per heavy atom. The van der Waals surface area contributed by atoms with E-state index in [1.165, 1.54) is 24.0 Å². The van der Waals surface area contributed by atoms with Crippen molar-refractivity contribution < 1.29 is 4.39 Å². The number of unbranched alkanes of at least 4 members (excludes halogenated alkanes) is 1. The number of nitrogens with zero attached hydrogens (tertiary/aromatic N) is 3. The zero-order valence-corrected chi connectivity index (χ0v) is 12.5. The van der Waals surface area contributed by atoms with E-state index in [4.69, 9.17) is 11.6 Å². The first-order chi connectivity index (χ1) is 9.61. The fourth-order valence-corrected chi connectivity index (χ4v) is 2.61. The normalized spacial score (nSPS) is 10.9. The Bertz CT molecular complexity index is 643. The van der Waals surface area contributed by atoms with Crippen LogP contribution in [-0.4, -0.2) is 19.7 Å². The van der Waals surface area contributed by atoms with Crippen molar-refractivity contribution in [3.05, 3.63) is 39.3 Å². The van der Waals surface area contributed by atoms with Gasteiger partial charge in [-0.1, -0.05) is 36.7 Å². The molecule has 0 saturated carbocycles.